The number of aliphatic carboxylic acids is 1. The van der Waals surface area contributed by atoms with Gasteiger partial charge in [-0.2, -0.15) is 0 Å². The monoisotopic (exact) mass is 264 g/mol. The summed E-state index contributed by atoms with van der Waals surface area (Å²) in [6.45, 7) is 0. The highest BCUT2D eigenvalue weighted by molar-refractivity contribution is 5.77. The summed E-state index contributed by atoms with van der Waals surface area (Å²) in [5.74, 6) is -3.02. The zero-order valence-electron chi connectivity index (χ0n) is 9.73. The van der Waals surface area contributed by atoms with E-state index >= 15 is 0 Å². The van der Waals surface area contributed by atoms with Gasteiger partial charge in [0.1, 0.15) is 5.82 Å². The fourth-order valence-electron chi connectivity index (χ4n) is 1.78. The first-order chi connectivity index (χ1) is 8.99. The maximum absolute atomic E-state index is 13.7. The number of carboxylic acids is 1. The molecule has 1 aromatic carbocycles. The summed E-state index contributed by atoms with van der Waals surface area (Å²) in [5.41, 5.74) is 5.94. The van der Waals surface area contributed by atoms with Crippen molar-refractivity contribution in [3.05, 3.63) is 47.7 Å². The molecule has 0 unspecified atom stereocenters. The minimum absolute atomic E-state index is 0.0382. The van der Waals surface area contributed by atoms with Crippen LogP contribution in [0, 0.1) is 11.6 Å². The van der Waals surface area contributed by atoms with Gasteiger partial charge in [-0.05, 0) is 17.7 Å². The van der Waals surface area contributed by atoms with E-state index in [9.17, 15) is 13.6 Å². The van der Waals surface area contributed by atoms with Gasteiger partial charge in [-0.3, -0.25) is 4.79 Å². The van der Waals surface area contributed by atoms with E-state index in [0.717, 1.165) is 6.07 Å². The number of halogens is 2. The molecule has 0 aliphatic rings. The van der Waals surface area contributed by atoms with E-state index in [0.29, 0.717) is 0 Å². The van der Waals surface area contributed by atoms with Gasteiger partial charge in [0.2, 0.25) is 0 Å². The number of anilines is 1. The molecule has 2 rings (SSSR count). The standard InChI is InChI=1S/C13H10F2N2O2/c14-10-3-1-2-8(13(10)15)9-6-17-11(16)4-7(9)5-12(18)19/h1-4,6H,5H2,(H2,16,17)(H,18,19). The van der Waals surface area contributed by atoms with Crippen LogP contribution in [0.15, 0.2) is 30.5 Å². The molecule has 98 valence electrons. The maximum atomic E-state index is 13.7. The summed E-state index contributed by atoms with van der Waals surface area (Å²) in [5, 5.41) is 8.82. The molecule has 1 aromatic heterocycles. The van der Waals surface area contributed by atoms with Gasteiger partial charge in [-0.1, -0.05) is 12.1 Å². The van der Waals surface area contributed by atoms with Crippen molar-refractivity contribution in [1.82, 2.24) is 4.98 Å². The lowest BCUT2D eigenvalue weighted by Gasteiger charge is -2.09. The molecule has 6 heteroatoms. The van der Waals surface area contributed by atoms with E-state index in [4.69, 9.17) is 10.8 Å². The predicted molar refractivity (Wildman–Crippen MR) is 65.3 cm³/mol. The number of nitrogens with two attached hydrogens (primary N) is 1. The smallest absolute Gasteiger partial charge is 0.307 e. The molecule has 3 N–H and O–H groups in total. The van der Waals surface area contributed by atoms with Crippen molar-refractivity contribution in [3.63, 3.8) is 0 Å². The number of rotatable bonds is 3. The van der Waals surface area contributed by atoms with Gasteiger partial charge in [0, 0.05) is 17.3 Å². The Bertz CT molecular complexity index is 645. The lowest BCUT2D eigenvalue weighted by molar-refractivity contribution is -0.136. The minimum atomic E-state index is -1.09. The number of carbonyl (C=O) groups is 1. The van der Waals surface area contributed by atoms with Crippen molar-refractivity contribution in [2.24, 2.45) is 0 Å². The Morgan fingerprint density at radius 2 is 2.05 bits per heavy atom. The van der Waals surface area contributed by atoms with E-state index < -0.39 is 17.6 Å². The number of hydrogen-bond acceptors (Lipinski definition) is 3. The summed E-state index contributed by atoms with van der Waals surface area (Å²) in [6, 6.07) is 5.03. The molecule has 0 atom stereocenters. The number of aromatic nitrogens is 1. The summed E-state index contributed by atoms with van der Waals surface area (Å²) in [6.07, 6.45) is 0.892. The van der Waals surface area contributed by atoms with Gasteiger partial charge in [0.05, 0.1) is 6.42 Å². The lowest BCUT2D eigenvalue weighted by atomic mass is 9.99. The summed E-state index contributed by atoms with van der Waals surface area (Å²) >= 11 is 0. The van der Waals surface area contributed by atoms with Crippen LogP contribution in [0.4, 0.5) is 14.6 Å². The molecule has 0 radical (unpaired) electrons. The third kappa shape index (κ3) is 2.67. The quantitative estimate of drug-likeness (QED) is 0.891. The average Bonchev–Trinajstić information content (AvgIpc) is 2.33. The van der Waals surface area contributed by atoms with Crippen molar-refractivity contribution in [2.75, 3.05) is 5.73 Å². The molecule has 0 saturated heterocycles. The maximum Gasteiger partial charge on any atom is 0.307 e. The first-order valence-corrected chi connectivity index (χ1v) is 5.39. The van der Waals surface area contributed by atoms with Gasteiger partial charge >= 0.3 is 5.97 Å². The van der Waals surface area contributed by atoms with Crippen LogP contribution in [0.25, 0.3) is 11.1 Å². The Morgan fingerprint density at radius 3 is 2.74 bits per heavy atom. The summed E-state index contributed by atoms with van der Waals surface area (Å²) < 4.78 is 26.9. The summed E-state index contributed by atoms with van der Waals surface area (Å²) in [4.78, 5) is 14.6. The van der Waals surface area contributed by atoms with Crippen LogP contribution < -0.4 is 5.73 Å². The third-order valence-electron chi connectivity index (χ3n) is 2.59. The Hall–Kier alpha value is -2.50. The van der Waals surface area contributed by atoms with E-state index in [1.54, 1.807) is 0 Å². The van der Waals surface area contributed by atoms with Crippen molar-refractivity contribution in [3.8, 4) is 11.1 Å². The molecular weight excluding hydrogens is 254 g/mol. The Morgan fingerprint density at radius 1 is 1.32 bits per heavy atom. The van der Waals surface area contributed by atoms with Crippen molar-refractivity contribution in [1.29, 1.82) is 0 Å². The predicted octanol–water partition coefficient (Wildman–Crippen LogP) is 2.24. The average molecular weight is 264 g/mol. The SMILES string of the molecule is Nc1cc(CC(=O)O)c(-c2cccc(F)c2F)cn1. The zero-order chi connectivity index (χ0) is 14.0. The van der Waals surface area contributed by atoms with Crippen LogP contribution in [-0.2, 0) is 11.2 Å². The molecule has 0 saturated carbocycles. The van der Waals surface area contributed by atoms with Gasteiger partial charge < -0.3 is 10.8 Å². The molecule has 0 aliphatic carbocycles. The van der Waals surface area contributed by atoms with Crippen molar-refractivity contribution in [2.45, 2.75) is 6.42 Å². The fraction of sp³-hybridized carbons (Fsp3) is 0.0769. The highest BCUT2D eigenvalue weighted by Crippen LogP contribution is 2.28. The first kappa shape index (κ1) is 12.9. The molecule has 0 amide bonds. The number of benzene rings is 1. The van der Waals surface area contributed by atoms with Crippen LogP contribution in [0.5, 0.6) is 0 Å². The van der Waals surface area contributed by atoms with Gasteiger partial charge in [-0.15, -0.1) is 0 Å². The molecular formula is C13H10F2N2O2. The number of nitrogen functional groups attached to an aromatic ring is 1. The van der Waals surface area contributed by atoms with Crippen LogP contribution in [0.3, 0.4) is 0 Å². The van der Waals surface area contributed by atoms with E-state index in [-0.39, 0.29) is 28.9 Å². The minimum Gasteiger partial charge on any atom is -0.481 e. The highest BCUT2D eigenvalue weighted by atomic mass is 19.2. The Balaban J connectivity index is 2.61. The molecule has 19 heavy (non-hydrogen) atoms. The molecule has 0 aliphatic heterocycles. The van der Waals surface area contributed by atoms with Crippen LogP contribution >= 0.6 is 0 Å². The second-order valence-corrected chi connectivity index (χ2v) is 3.94. The fourth-order valence-corrected chi connectivity index (χ4v) is 1.78. The lowest BCUT2D eigenvalue weighted by Crippen LogP contribution is -2.05. The van der Waals surface area contributed by atoms with Crippen molar-refractivity contribution < 1.29 is 18.7 Å². The van der Waals surface area contributed by atoms with Crippen LogP contribution in [-0.4, -0.2) is 16.1 Å². The number of hydrogen-bond donors (Lipinski definition) is 2. The first-order valence-electron chi connectivity index (χ1n) is 5.39. The molecule has 4 nitrogen and oxygen atoms in total. The zero-order valence-corrected chi connectivity index (χ0v) is 9.73. The second-order valence-electron chi connectivity index (χ2n) is 3.94. The Kier molecular flexibility index (Phi) is 3.41. The highest BCUT2D eigenvalue weighted by Gasteiger charge is 2.15. The number of pyridine rings is 1. The molecule has 0 fully saturated rings. The van der Waals surface area contributed by atoms with Crippen LogP contribution in [0.2, 0.25) is 0 Å². The molecule has 1 heterocycles. The third-order valence-corrected chi connectivity index (χ3v) is 2.59. The van der Waals surface area contributed by atoms with E-state index in [2.05, 4.69) is 4.98 Å². The van der Waals surface area contributed by atoms with Gasteiger partial charge in [-0.25, -0.2) is 13.8 Å². The van der Waals surface area contributed by atoms with Crippen LogP contribution in [0.1, 0.15) is 5.56 Å². The summed E-state index contributed by atoms with van der Waals surface area (Å²) in [7, 11) is 0. The Labute approximate surface area is 107 Å². The van der Waals surface area contributed by atoms with E-state index in [1.165, 1.54) is 24.4 Å². The van der Waals surface area contributed by atoms with Gasteiger partial charge in [0.25, 0.3) is 0 Å². The van der Waals surface area contributed by atoms with Crippen molar-refractivity contribution >= 4 is 11.8 Å². The molecule has 0 spiro atoms. The topological polar surface area (TPSA) is 76.2 Å². The van der Waals surface area contributed by atoms with E-state index in [1.807, 2.05) is 0 Å². The normalized spacial score (nSPS) is 10.4. The molecule has 2 aromatic rings. The van der Waals surface area contributed by atoms with Gasteiger partial charge in [0.15, 0.2) is 11.6 Å². The molecule has 0 bridgehead atoms. The largest absolute Gasteiger partial charge is 0.481 e. The number of nitrogens with zero attached hydrogens (tertiary/aromatic N) is 1. The number of carboxylic acid groups (broad SMARTS) is 1. The second kappa shape index (κ2) is 5.01.